The molecule has 7 heteroatoms. The van der Waals surface area contributed by atoms with Crippen molar-refractivity contribution in [2.45, 2.75) is 39.7 Å². The van der Waals surface area contributed by atoms with E-state index in [1.807, 2.05) is 13.0 Å². The lowest BCUT2D eigenvalue weighted by Crippen LogP contribution is -2.27. The number of aromatic nitrogens is 1. The summed E-state index contributed by atoms with van der Waals surface area (Å²) in [6, 6.07) is 7.94. The molecule has 1 N–H and O–H groups in total. The Kier molecular flexibility index (Phi) is 6.98. The van der Waals surface area contributed by atoms with Gasteiger partial charge in [-0.05, 0) is 56.2 Å². The van der Waals surface area contributed by atoms with E-state index in [1.54, 1.807) is 31.2 Å². The first kappa shape index (κ1) is 20.5. The van der Waals surface area contributed by atoms with Gasteiger partial charge in [-0.25, -0.2) is 8.78 Å². The molecule has 2 rings (SSSR count). The molecule has 0 saturated carbocycles. The molecule has 5 nitrogen and oxygen atoms in total. The van der Waals surface area contributed by atoms with Crippen molar-refractivity contribution >= 4 is 11.7 Å². The minimum atomic E-state index is -2.55. The van der Waals surface area contributed by atoms with E-state index in [-0.39, 0.29) is 24.2 Å². The van der Waals surface area contributed by atoms with Crippen LogP contribution in [0, 0.1) is 6.92 Å². The Labute approximate surface area is 156 Å². The van der Waals surface area contributed by atoms with Gasteiger partial charge in [-0.1, -0.05) is 6.07 Å². The number of carbonyl (C=O) groups excluding carboxylic acids is 2. The number of halogens is 2. The van der Waals surface area contributed by atoms with Gasteiger partial charge in [0.25, 0.3) is 12.3 Å². The van der Waals surface area contributed by atoms with Gasteiger partial charge in [0.2, 0.25) is 0 Å². The highest BCUT2D eigenvalue weighted by atomic mass is 19.3. The largest absolute Gasteiger partial charge is 0.488 e. The zero-order chi connectivity index (χ0) is 20.0. The predicted octanol–water partition coefficient (Wildman–Crippen LogP) is 3.66. The van der Waals surface area contributed by atoms with Crippen LogP contribution in [-0.2, 0) is 11.2 Å². The molecule has 1 heterocycles. The summed E-state index contributed by atoms with van der Waals surface area (Å²) >= 11 is 0. The standard InChI is InChI=1S/C20H22F2N2O3/c1-12-6-16(10-18(7-12)27-11-19(21)22)14(3)24-20(26)15-4-5-23-17(9-15)8-13(2)25/h4-7,9-10,14,19H,8,11H2,1-3H3,(H,24,26). The SMILES string of the molecule is CC(=O)Cc1cc(C(=O)NC(C)c2cc(C)cc(OCC(F)F)c2)ccn1. The van der Waals surface area contributed by atoms with E-state index in [0.717, 1.165) is 11.1 Å². The Morgan fingerprint density at radius 2 is 1.96 bits per heavy atom. The molecule has 144 valence electrons. The number of alkyl halides is 2. The topological polar surface area (TPSA) is 68.3 Å². The summed E-state index contributed by atoms with van der Waals surface area (Å²) in [7, 11) is 0. The first-order valence-corrected chi connectivity index (χ1v) is 8.52. The van der Waals surface area contributed by atoms with E-state index < -0.39 is 13.0 Å². The Hall–Kier alpha value is -2.83. The fraction of sp³-hybridized carbons (Fsp3) is 0.350. The van der Waals surface area contributed by atoms with Gasteiger partial charge >= 0.3 is 0 Å². The lowest BCUT2D eigenvalue weighted by molar-refractivity contribution is -0.116. The second-order valence-corrected chi connectivity index (χ2v) is 6.39. The van der Waals surface area contributed by atoms with Crippen LogP contribution in [0.4, 0.5) is 8.78 Å². The van der Waals surface area contributed by atoms with Gasteiger partial charge in [-0.2, -0.15) is 0 Å². The van der Waals surface area contributed by atoms with Crippen molar-refractivity contribution in [1.82, 2.24) is 10.3 Å². The first-order chi connectivity index (χ1) is 12.7. The summed E-state index contributed by atoms with van der Waals surface area (Å²) in [5, 5.41) is 2.86. The van der Waals surface area contributed by atoms with Gasteiger partial charge in [0.15, 0.2) is 0 Å². The third-order valence-corrected chi connectivity index (χ3v) is 3.81. The molecule has 0 aliphatic heterocycles. The average molecular weight is 376 g/mol. The van der Waals surface area contributed by atoms with E-state index in [4.69, 9.17) is 4.74 Å². The second kappa shape index (κ2) is 9.21. The number of pyridine rings is 1. The molecular formula is C20H22F2N2O3. The zero-order valence-electron chi connectivity index (χ0n) is 15.5. The van der Waals surface area contributed by atoms with Crippen LogP contribution in [0.2, 0.25) is 0 Å². The third-order valence-electron chi connectivity index (χ3n) is 3.81. The van der Waals surface area contributed by atoms with E-state index in [0.29, 0.717) is 17.0 Å². The van der Waals surface area contributed by atoms with Gasteiger partial charge in [-0.15, -0.1) is 0 Å². The molecule has 1 aromatic heterocycles. The molecule has 0 spiro atoms. The molecule has 2 aromatic rings. The van der Waals surface area contributed by atoms with E-state index in [2.05, 4.69) is 10.3 Å². The number of benzene rings is 1. The molecule has 0 saturated heterocycles. The van der Waals surface area contributed by atoms with Gasteiger partial charge in [-0.3, -0.25) is 14.6 Å². The van der Waals surface area contributed by atoms with E-state index in [1.165, 1.54) is 13.1 Å². The van der Waals surface area contributed by atoms with Crippen LogP contribution in [0.3, 0.4) is 0 Å². The van der Waals surface area contributed by atoms with Crippen molar-refractivity contribution in [3.8, 4) is 5.75 Å². The number of ether oxygens (including phenoxy) is 1. The van der Waals surface area contributed by atoms with Crippen molar-refractivity contribution in [2.75, 3.05) is 6.61 Å². The maximum Gasteiger partial charge on any atom is 0.272 e. The molecule has 0 aliphatic carbocycles. The molecule has 1 aromatic carbocycles. The van der Waals surface area contributed by atoms with Crippen molar-refractivity contribution in [2.24, 2.45) is 0 Å². The molecular weight excluding hydrogens is 354 g/mol. The number of hydrogen-bond acceptors (Lipinski definition) is 4. The molecule has 0 fully saturated rings. The highest BCUT2D eigenvalue weighted by Crippen LogP contribution is 2.22. The van der Waals surface area contributed by atoms with Crippen LogP contribution in [0.1, 0.15) is 47.1 Å². The first-order valence-electron chi connectivity index (χ1n) is 8.52. The number of ketones is 1. The fourth-order valence-electron chi connectivity index (χ4n) is 2.60. The number of carbonyl (C=O) groups is 2. The van der Waals surface area contributed by atoms with Crippen LogP contribution in [0.25, 0.3) is 0 Å². The normalized spacial score (nSPS) is 11.9. The van der Waals surface area contributed by atoms with Gasteiger partial charge in [0, 0.05) is 23.9 Å². The number of aryl methyl sites for hydroxylation is 1. The number of hydrogen-bond donors (Lipinski definition) is 1. The minimum Gasteiger partial charge on any atom is -0.488 e. The quantitative estimate of drug-likeness (QED) is 0.764. The molecule has 27 heavy (non-hydrogen) atoms. The molecule has 0 bridgehead atoms. The lowest BCUT2D eigenvalue weighted by Gasteiger charge is -2.17. The monoisotopic (exact) mass is 376 g/mol. The molecule has 1 amide bonds. The highest BCUT2D eigenvalue weighted by molar-refractivity contribution is 5.94. The van der Waals surface area contributed by atoms with Crippen LogP contribution in [0.5, 0.6) is 5.75 Å². The number of nitrogens with zero attached hydrogens (tertiary/aromatic N) is 1. The van der Waals surface area contributed by atoms with Gasteiger partial charge in [0.1, 0.15) is 18.1 Å². The molecule has 0 aliphatic rings. The number of amides is 1. The van der Waals surface area contributed by atoms with Crippen molar-refractivity contribution in [1.29, 1.82) is 0 Å². The Balaban J connectivity index is 2.11. The molecule has 0 radical (unpaired) electrons. The van der Waals surface area contributed by atoms with Crippen LogP contribution in [0.15, 0.2) is 36.5 Å². The second-order valence-electron chi connectivity index (χ2n) is 6.39. The average Bonchev–Trinajstić information content (AvgIpc) is 2.59. The lowest BCUT2D eigenvalue weighted by atomic mass is 10.0. The van der Waals surface area contributed by atoms with Crippen LogP contribution in [-0.4, -0.2) is 29.7 Å². The fourth-order valence-corrected chi connectivity index (χ4v) is 2.60. The Morgan fingerprint density at radius 3 is 2.63 bits per heavy atom. The summed E-state index contributed by atoms with van der Waals surface area (Å²) in [6.45, 7) is 4.40. The van der Waals surface area contributed by atoms with Crippen molar-refractivity contribution in [3.63, 3.8) is 0 Å². The molecule has 1 atom stereocenters. The highest BCUT2D eigenvalue weighted by Gasteiger charge is 2.14. The van der Waals surface area contributed by atoms with Crippen molar-refractivity contribution < 1.29 is 23.1 Å². The predicted molar refractivity (Wildman–Crippen MR) is 97.2 cm³/mol. The zero-order valence-corrected chi connectivity index (χ0v) is 15.5. The summed E-state index contributed by atoms with van der Waals surface area (Å²) in [5.74, 6) is -0.0187. The van der Waals surface area contributed by atoms with Crippen molar-refractivity contribution in [3.05, 3.63) is 58.9 Å². The summed E-state index contributed by atoms with van der Waals surface area (Å²) < 4.78 is 29.8. The summed E-state index contributed by atoms with van der Waals surface area (Å²) in [5.41, 5.74) is 2.51. The van der Waals surface area contributed by atoms with Crippen LogP contribution < -0.4 is 10.1 Å². The van der Waals surface area contributed by atoms with Gasteiger partial charge < -0.3 is 10.1 Å². The maximum absolute atomic E-state index is 12.5. The third kappa shape index (κ3) is 6.44. The van der Waals surface area contributed by atoms with Gasteiger partial charge in [0.05, 0.1) is 6.04 Å². The smallest absolute Gasteiger partial charge is 0.272 e. The summed E-state index contributed by atoms with van der Waals surface area (Å²) in [6.07, 6.45) is -0.901. The minimum absolute atomic E-state index is 0.0375. The Morgan fingerprint density at radius 1 is 1.22 bits per heavy atom. The maximum atomic E-state index is 12.5. The van der Waals surface area contributed by atoms with E-state index in [9.17, 15) is 18.4 Å². The Bertz CT molecular complexity index is 825. The van der Waals surface area contributed by atoms with Crippen LogP contribution >= 0.6 is 0 Å². The summed E-state index contributed by atoms with van der Waals surface area (Å²) in [4.78, 5) is 27.8. The number of Topliss-reactive ketones (excluding diaryl/α,β-unsaturated/α-hetero) is 1. The molecule has 1 unspecified atom stereocenters. The van der Waals surface area contributed by atoms with E-state index >= 15 is 0 Å². The number of rotatable bonds is 8. The number of nitrogens with one attached hydrogen (secondary N) is 1.